The lowest BCUT2D eigenvalue weighted by atomic mass is 10.0. The van der Waals surface area contributed by atoms with E-state index in [-0.39, 0.29) is 18.1 Å². The fraction of sp³-hybridized carbons (Fsp3) is 0.259. The Morgan fingerprint density at radius 2 is 1.66 bits per heavy atom. The molecule has 5 N–H and O–H groups in total. The van der Waals surface area contributed by atoms with Crippen molar-refractivity contribution >= 4 is 31.4 Å². The minimum atomic E-state index is -4.65. The van der Waals surface area contributed by atoms with Gasteiger partial charge in [-0.15, -0.1) is 0 Å². The van der Waals surface area contributed by atoms with Gasteiger partial charge in [-0.2, -0.15) is 11.8 Å². The van der Waals surface area contributed by atoms with Crippen molar-refractivity contribution in [1.29, 1.82) is 0 Å². The Kier molecular flexibility index (Phi) is 9.25. The molecule has 3 aromatic rings. The molecule has 1 fully saturated rings. The minimum Gasteiger partial charge on any atom is -0.404 e. The number of phosphoric ester groups is 1. The molecule has 3 aromatic carbocycles. The number of nitrogens with two attached hydrogens (primary N) is 1. The lowest BCUT2D eigenvalue weighted by Crippen LogP contribution is -2.53. The highest BCUT2D eigenvalue weighted by Crippen LogP contribution is 2.37. The summed E-state index contributed by atoms with van der Waals surface area (Å²) in [7, 11) is -4.65. The first-order valence-corrected chi connectivity index (χ1v) is 14.8. The predicted octanol–water partition coefficient (Wildman–Crippen LogP) is 2.96. The van der Waals surface area contributed by atoms with Crippen LogP contribution in [0.5, 0.6) is 5.75 Å². The van der Waals surface area contributed by atoms with Crippen molar-refractivity contribution in [1.82, 2.24) is 10.2 Å². The molecule has 200 valence electrons. The van der Waals surface area contributed by atoms with Gasteiger partial charge in [0.25, 0.3) is 0 Å². The van der Waals surface area contributed by atoms with Crippen LogP contribution in [0, 0.1) is 0 Å². The second kappa shape index (κ2) is 12.6. The third kappa shape index (κ3) is 7.93. The first-order valence-electron chi connectivity index (χ1n) is 12.1. The first-order chi connectivity index (χ1) is 18.2. The average molecular weight is 556 g/mol. The van der Waals surface area contributed by atoms with Crippen LogP contribution in [0.3, 0.4) is 0 Å². The molecule has 38 heavy (non-hydrogen) atoms. The topological polar surface area (TPSA) is 142 Å². The molecular formula is C27H30N3O6PS. The lowest BCUT2D eigenvalue weighted by molar-refractivity contribution is -0.136. The van der Waals surface area contributed by atoms with Crippen molar-refractivity contribution in [3.63, 3.8) is 0 Å². The van der Waals surface area contributed by atoms with Crippen LogP contribution < -0.4 is 15.6 Å². The number of nitrogens with one attached hydrogen (secondary N) is 1. The summed E-state index contributed by atoms with van der Waals surface area (Å²) in [6.07, 6.45) is 0.188. The number of rotatable bonds is 9. The van der Waals surface area contributed by atoms with Crippen LogP contribution in [0.25, 0.3) is 11.1 Å². The number of benzene rings is 3. The number of nitrogens with zero attached hydrogens (tertiary/aromatic N) is 1. The highest BCUT2D eigenvalue weighted by molar-refractivity contribution is 7.99. The van der Waals surface area contributed by atoms with Gasteiger partial charge in [0.15, 0.2) is 0 Å². The Bertz CT molecular complexity index is 1280. The number of thioether (sulfide) groups is 1. The van der Waals surface area contributed by atoms with Crippen molar-refractivity contribution < 1.29 is 28.5 Å². The Hall–Kier alpha value is -3.14. The molecule has 4 rings (SSSR count). The molecule has 2 amide bonds. The molecule has 0 aromatic heterocycles. The number of hydrogen-bond donors (Lipinski definition) is 4. The summed E-state index contributed by atoms with van der Waals surface area (Å²) in [5.74, 6) is 0.677. The maximum absolute atomic E-state index is 13.3. The molecule has 1 saturated heterocycles. The summed E-state index contributed by atoms with van der Waals surface area (Å²) in [6.45, 7) is 1.04. The predicted molar refractivity (Wildman–Crippen MR) is 147 cm³/mol. The molecule has 1 heterocycles. The largest absolute Gasteiger partial charge is 0.524 e. The summed E-state index contributed by atoms with van der Waals surface area (Å²) in [5, 5.41) is 2.81. The van der Waals surface area contributed by atoms with Crippen molar-refractivity contribution in [2.45, 2.75) is 25.0 Å². The van der Waals surface area contributed by atoms with Gasteiger partial charge in [-0.05, 0) is 40.8 Å². The Balaban J connectivity index is 1.33. The molecule has 1 aliphatic rings. The van der Waals surface area contributed by atoms with Crippen molar-refractivity contribution in [3.05, 3.63) is 90.0 Å². The van der Waals surface area contributed by atoms with Crippen LogP contribution in [0.15, 0.2) is 78.9 Å². The molecule has 0 radical (unpaired) electrons. The smallest absolute Gasteiger partial charge is 0.404 e. The lowest BCUT2D eigenvalue weighted by Gasteiger charge is -2.25. The zero-order chi connectivity index (χ0) is 27.1. The van der Waals surface area contributed by atoms with E-state index in [0.29, 0.717) is 24.4 Å². The molecule has 0 aliphatic carbocycles. The monoisotopic (exact) mass is 555 g/mol. The Morgan fingerprint density at radius 1 is 1.03 bits per heavy atom. The van der Waals surface area contributed by atoms with Gasteiger partial charge in [-0.3, -0.25) is 19.4 Å². The zero-order valence-corrected chi connectivity index (χ0v) is 22.3. The van der Waals surface area contributed by atoms with E-state index in [1.54, 1.807) is 28.8 Å². The molecule has 2 atom stereocenters. The van der Waals surface area contributed by atoms with Crippen LogP contribution in [-0.4, -0.2) is 56.6 Å². The van der Waals surface area contributed by atoms with Crippen LogP contribution in [0.2, 0.25) is 0 Å². The van der Waals surface area contributed by atoms with E-state index in [1.165, 1.54) is 12.1 Å². The molecule has 0 saturated carbocycles. The van der Waals surface area contributed by atoms with Crippen LogP contribution in [0.1, 0.15) is 11.1 Å². The van der Waals surface area contributed by atoms with Gasteiger partial charge in [-0.1, -0.05) is 66.7 Å². The summed E-state index contributed by atoms with van der Waals surface area (Å²) in [4.78, 5) is 45.7. The molecule has 1 aliphatic heterocycles. The van der Waals surface area contributed by atoms with E-state index in [2.05, 4.69) is 22.0 Å². The summed E-state index contributed by atoms with van der Waals surface area (Å²) in [6, 6.07) is 22.6. The third-order valence-corrected chi connectivity index (χ3v) is 7.58. The van der Waals surface area contributed by atoms with E-state index >= 15 is 0 Å². The van der Waals surface area contributed by atoms with E-state index < -0.39 is 25.8 Å². The van der Waals surface area contributed by atoms with Crippen molar-refractivity contribution in [3.8, 4) is 16.9 Å². The summed E-state index contributed by atoms with van der Waals surface area (Å²) in [5.41, 5.74) is 10.0. The molecule has 0 unspecified atom stereocenters. The van der Waals surface area contributed by atoms with E-state index in [1.807, 2.05) is 42.5 Å². The average Bonchev–Trinajstić information content (AvgIpc) is 3.06. The Morgan fingerprint density at radius 3 is 2.32 bits per heavy atom. The summed E-state index contributed by atoms with van der Waals surface area (Å²) < 4.78 is 15.5. The summed E-state index contributed by atoms with van der Waals surface area (Å²) >= 11 is 1.61. The molecule has 9 nitrogen and oxygen atoms in total. The molecular weight excluding hydrogens is 525 g/mol. The molecule has 0 spiro atoms. The highest BCUT2D eigenvalue weighted by atomic mass is 32.2. The van der Waals surface area contributed by atoms with Crippen molar-refractivity contribution in [2.75, 3.05) is 18.1 Å². The van der Waals surface area contributed by atoms with Gasteiger partial charge in [0.05, 0.1) is 6.04 Å². The number of hydrogen-bond acceptors (Lipinski definition) is 6. The Labute approximate surface area is 225 Å². The fourth-order valence-corrected chi connectivity index (χ4v) is 5.51. The second-order valence-electron chi connectivity index (χ2n) is 9.00. The van der Waals surface area contributed by atoms with E-state index in [9.17, 15) is 14.2 Å². The maximum atomic E-state index is 13.3. The maximum Gasteiger partial charge on any atom is 0.524 e. The standard InChI is InChI=1S/C27H30N3O6PS/c28-24(16-19-8-12-23(13-9-19)36-37(33,34)35)26(31)29-25-18-38-15-14-30(27(25)32)17-20-6-10-22(11-7-20)21-4-2-1-3-5-21/h1-13,24-25H,14-18,28H2,(H,29,31)(H2,33,34,35)/t24-,25-/m0/s1. The number of phosphoric acid groups is 1. The normalized spacial score (nSPS) is 17.0. The molecule has 11 heteroatoms. The third-order valence-electron chi connectivity index (χ3n) is 6.09. The number of amides is 2. The van der Waals surface area contributed by atoms with E-state index in [0.717, 1.165) is 22.4 Å². The fourth-order valence-electron chi connectivity index (χ4n) is 4.14. The molecule has 0 bridgehead atoms. The number of carbonyl (C=O) groups excluding carboxylic acids is 2. The van der Waals surface area contributed by atoms with Gasteiger partial charge < -0.3 is 20.5 Å². The number of carbonyl (C=O) groups is 2. The second-order valence-corrected chi connectivity index (χ2v) is 11.3. The van der Waals surface area contributed by atoms with Crippen LogP contribution >= 0.6 is 19.6 Å². The SMILES string of the molecule is N[C@@H](Cc1ccc(OP(=O)(O)O)cc1)C(=O)N[C@H]1CSCCN(Cc2ccc(-c3ccccc3)cc2)C1=O. The van der Waals surface area contributed by atoms with Gasteiger partial charge in [-0.25, -0.2) is 4.57 Å². The van der Waals surface area contributed by atoms with Crippen LogP contribution in [-0.2, 0) is 27.1 Å². The minimum absolute atomic E-state index is 0.0102. The van der Waals surface area contributed by atoms with Gasteiger partial charge >= 0.3 is 7.82 Å². The first kappa shape index (κ1) is 27.9. The van der Waals surface area contributed by atoms with Gasteiger partial charge in [0.2, 0.25) is 11.8 Å². The highest BCUT2D eigenvalue weighted by Gasteiger charge is 2.30. The van der Waals surface area contributed by atoms with Crippen molar-refractivity contribution in [2.24, 2.45) is 5.73 Å². The van der Waals surface area contributed by atoms with Gasteiger partial charge in [0, 0.05) is 24.6 Å². The van der Waals surface area contributed by atoms with Crippen LogP contribution in [0.4, 0.5) is 0 Å². The quantitative estimate of drug-likeness (QED) is 0.295. The van der Waals surface area contributed by atoms with E-state index in [4.69, 9.17) is 15.5 Å². The zero-order valence-electron chi connectivity index (χ0n) is 20.6. The van der Waals surface area contributed by atoms with Gasteiger partial charge in [0.1, 0.15) is 11.8 Å².